The smallest absolute Gasteiger partial charge is 0.240 e. The van der Waals surface area contributed by atoms with E-state index in [1.54, 1.807) is 7.05 Å². The SMILES string of the molecule is CNC(C)(C)C(=O)NC(C)c1c(C)noc1C. The van der Waals surface area contributed by atoms with Crippen molar-refractivity contribution in [1.82, 2.24) is 15.8 Å². The zero-order valence-electron chi connectivity index (χ0n) is 11.3. The molecular formula is C12H21N3O2. The molecule has 1 unspecified atom stereocenters. The Bertz CT molecular complexity index is 390. The summed E-state index contributed by atoms with van der Waals surface area (Å²) in [4.78, 5) is 12.0. The van der Waals surface area contributed by atoms with Crippen LogP contribution in [-0.2, 0) is 4.79 Å². The molecule has 1 aromatic rings. The molecule has 17 heavy (non-hydrogen) atoms. The maximum absolute atomic E-state index is 12.0. The van der Waals surface area contributed by atoms with Crippen molar-refractivity contribution in [3.8, 4) is 0 Å². The van der Waals surface area contributed by atoms with Gasteiger partial charge in [-0.3, -0.25) is 4.79 Å². The molecule has 5 heteroatoms. The van der Waals surface area contributed by atoms with Gasteiger partial charge < -0.3 is 15.2 Å². The van der Waals surface area contributed by atoms with Gasteiger partial charge in [-0.2, -0.15) is 0 Å². The van der Waals surface area contributed by atoms with Crippen LogP contribution in [-0.4, -0.2) is 23.7 Å². The predicted octanol–water partition coefficient (Wildman–Crippen LogP) is 1.47. The molecule has 5 nitrogen and oxygen atoms in total. The fraction of sp³-hybridized carbons (Fsp3) is 0.667. The van der Waals surface area contributed by atoms with Crippen molar-refractivity contribution in [2.24, 2.45) is 0 Å². The number of nitrogens with one attached hydrogen (secondary N) is 2. The number of rotatable bonds is 4. The summed E-state index contributed by atoms with van der Waals surface area (Å²) in [5, 5.41) is 9.81. The van der Waals surface area contributed by atoms with Crippen molar-refractivity contribution in [3.63, 3.8) is 0 Å². The second-order valence-corrected chi connectivity index (χ2v) is 4.81. The molecule has 0 spiro atoms. The summed E-state index contributed by atoms with van der Waals surface area (Å²) in [5.74, 6) is 0.699. The van der Waals surface area contributed by atoms with Gasteiger partial charge in [0.1, 0.15) is 5.76 Å². The molecule has 96 valence electrons. The predicted molar refractivity (Wildman–Crippen MR) is 65.7 cm³/mol. The highest BCUT2D eigenvalue weighted by molar-refractivity contribution is 5.85. The molecule has 0 radical (unpaired) electrons. The first-order valence-electron chi connectivity index (χ1n) is 5.72. The topological polar surface area (TPSA) is 67.2 Å². The van der Waals surface area contributed by atoms with Crippen molar-refractivity contribution in [2.45, 2.75) is 46.2 Å². The molecule has 0 aliphatic carbocycles. The molecular weight excluding hydrogens is 218 g/mol. The van der Waals surface area contributed by atoms with E-state index in [9.17, 15) is 4.79 Å². The summed E-state index contributed by atoms with van der Waals surface area (Å²) in [6, 6.07) is -0.110. The Morgan fingerprint density at radius 1 is 1.41 bits per heavy atom. The molecule has 1 atom stereocenters. The molecule has 1 heterocycles. The van der Waals surface area contributed by atoms with Crippen LogP contribution in [0.4, 0.5) is 0 Å². The maximum atomic E-state index is 12.0. The minimum absolute atomic E-state index is 0.0486. The van der Waals surface area contributed by atoms with Gasteiger partial charge in [-0.15, -0.1) is 0 Å². The Balaban J connectivity index is 2.80. The third-order valence-electron chi connectivity index (χ3n) is 3.06. The van der Waals surface area contributed by atoms with Gasteiger partial charge in [0.15, 0.2) is 0 Å². The Kier molecular flexibility index (Phi) is 3.93. The lowest BCUT2D eigenvalue weighted by molar-refractivity contribution is -0.126. The highest BCUT2D eigenvalue weighted by Gasteiger charge is 2.28. The zero-order chi connectivity index (χ0) is 13.2. The van der Waals surface area contributed by atoms with Crippen LogP contribution >= 0.6 is 0 Å². The van der Waals surface area contributed by atoms with E-state index in [-0.39, 0.29) is 11.9 Å². The van der Waals surface area contributed by atoms with E-state index < -0.39 is 5.54 Å². The van der Waals surface area contributed by atoms with Crippen molar-refractivity contribution >= 4 is 5.91 Å². The van der Waals surface area contributed by atoms with Crippen molar-refractivity contribution in [1.29, 1.82) is 0 Å². The first kappa shape index (κ1) is 13.7. The number of carbonyl (C=O) groups excluding carboxylic acids is 1. The molecule has 0 fully saturated rings. The van der Waals surface area contributed by atoms with Gasteiger partial charge >= 0.3 is 0 Å². The summed E-state index contributed by atoms with van der Waals surface area (Å²) in [6.07, 6.45) is 0. The van der Waals surface area contributed by atoms with Crippen LogP contribution in [0.2, 0.25) is 0 Å². The Labute approximate surface area is 102 Å². The average molecular weight is 239 g/mol. The van der Waals surface area contributed by atoms with Crippen molar-refractivity contribution in [3.05, 3.63) is 17.0 Å². The molecule has 1 rings (SSSR count). The summed E-state index contributed by atoms with van der Waals surface area (Å²) in [6.45, 7) is 9.32. The lowest BCUT2D eigenvalue weighted by atomic mass is 10.0. The summed E-state index contributed by atoms with van der Waals surface area (Å²) < 4.78 is 5.09. The Morgan fingerprint density at radius 2 is 2.00 bits per heavy atom. The maximum Gasteiger partial charge on any atom is 0.240 e. The van der Waals surface area contributed by atoms with Gasteiger partial charge in [-0.05, 0) is 41.7 Å². The molecule has 1 amide bonds. The first-order valence-corrected chi connectivity index (χ1v) is 5.72. The minimum Gasteiger partial charge on any atom is -0.361 e. The number of likely N-dealkylation sites (N-methyl/N-ethyl adjacent to an activating group) is 1. The van der Waals surface area contributed by atoms with Gasteiger partial charge in [0.25, 0.3) is 0 Å². The fourth-order valence-electron chi connectivity index (χ4n) is 1.67. The molecule has 0 saturated heterocycles. The number of aryl methyl sites for hydroxylation is 2. The highest BCUT2D eigenvalue weighted by Crippen LogP contribution is 2.21. The van der Waals surface area contributed by atoms with Crippen LogP contribution in [0.5, 0.6) is 0 Å². The number of hydrogen-bond acceptors (Lipinski definition) is 4. The second-order valence-electron chi connectivity index (χ2n) is 4.81. The minimum atomic E-state index is -0.590. The van der Waals surface area contributed by atoms with E-state index in [0.29, 0.717) is 0 Å². The quantitative estimate of drug-likeness (QED) is 0.835. The van der Waals surface area contributed by atoms with E-state index in [2.05, 4.69) is 15.8 Å². The third-order valence-corrected chi connectivity index (χ3v) is 3.06. The number of aromatic nitrogens is 1. The van der Waals surface area contributed by atoms with E-state index in [1.807, 2.05) is 34.6 Å². The highest BCUT2D eigenvalue weighted by atomic mass is 16.5. The Hall–Kier alpha value is -1.36. The monoisotopic (exact) mass is 239 g/mol. The summed E-state index contributed by atoms with van der Waals surface area (Å²) >= 11 is 0. The average Bonchev–Trinajstić information content (AvgIpc) is 2.58. The molecule has 2 N–H and O–H groups in total. The summed E-state index contributed by atoms with van der Waals surface area (Å²) in [7, 11) is 1.76. The third kappa shape index (κ3) is 2.85. The molecule has 0 aromatic carbocycles. The standard InChI is InChI=1S/C12H21N3O2/c1-7(10-8(2)15-17-9(10)3)14-11(16)12(4,5)13-6/h7,13H,1-6H3,(H,14,16). The number of hydrogen-bond donors (Lipinski definition) is 2. The van der Waals surface area contributed by atoms with Crippen LogP contribution in [0.15, 0.2) is 4.52 Å². The lowest BCUT2D eigenvalue weighted by Gasteiger charge is -2.25. The van der Waals surface area contributed by atoms with E-state index in [1.165, 1.54) is 0 Å². The van der Waals surface area contributed by atoms with Crippen molar-refractivity contribution < 1.29 is 9.32 Å². The molecule has 0 bridgehead atoms. The number of carbonyl (C=O) groups is 1. The van der Waals surface area contributed by atoms with Crippen LogP contribution in [0, 0.1) is 13.8 Å². The van der Waals surface area contributed by atoms with E-state index in [4.69, 9.17) is 4.52 Å². The van der Waals surface area contributed by atoms with Crippen LogP contribution < -0.4 is 10.6 Å². The molecule has 0 aliphatic heterocycles. The van der Waals surface area contributed by atoms with Gasteiger partial charge in [0.05, 0.1) is 17.3 Å². The fourth-order valence-corrected chi connectivity index (χ4v) is 1.67. The molecule has 1 aromatic heterocycles. The van der Waals surface area contributed by atoms with Gasteiger partial charge in [-0.1, -0.05) is 5.16 Å². The van der Waals surface area contributed by atoms with Gasteiger partial charge in [-0.25, -0.2) is 0 Å². The van der Waals surface area contributed by atoms with Crippen LogP contribution in [0.25, 0.3) is 0 Å². The number of amides is 1. The lowest BCUT2D eigenvalue weighted by Crippen LogP contribution is -2.51. The zero-order valence-corrected chi connectivity index (χ0v) is 11.3. The first-order chi connectivity index (χ1) is 7.79. The second kappa shape index (κ2) is 4.87. The van der Waals surface area contributed by atoms with Crippen LogP contribution in [0.1, 0.15) is 43.8 Å². The number of nitrogens with zero attached hydrogens (tertiary/aromatic N) is 1. The van der Waals surface area contributed by atoms with E-state index >= 15 is 0 Å². The molecule has 0 saturated carbocycles. The molecule has 0 aliphatic rings. The largest absolute Gasteiger partial charge is 0.361 e. The van der Waals surface area contributed by atoms with E-state index in [0.717, 1.165) is 17.0 Å². The Morgan fingerprint density at radius 3 is 2.41 bits per heavy atom. The summed E-state index contributed by atoms with van der Waals surface area (Å²) in [5.41, 5.74) is 1.18. The van der Waals surface area contributed by atoms with Gasteiger partial charge in [0.2, 0.25) is 5.91 Å². The normalized spacial score (nSPS) is 13.5. The van der Waals surface area contributed by atoms with Gasteiger partial charge in [0, 0.05) is 5.56 Å². The van der Waals surface area contributed by atoms with Crippen molar-refractivity contribution in [2.75, 3.05) is 7.05 Å². The van der Waals surface area contributed by atoms with Crippen LogP contribution in [0.3, 0.4) is 0 Å².